The molecule has 20 heavy (non-hydrogen) atoms. The van der Waals surface area contributed by atoms with E-state index in [4.69, 9.17) is 11.6 Å². The van der Waals surface area contributed by atoms with Gasteiger partial charge in [-0.1, -0.05) is 11.6 Å². The van der Waals surface area contributed by atoms with Crippen molar-refractivity contribution in [1.82, 2.24) is 14.8 Å². The molecule has 1 aromatic carbocycles. The maximum atomic E-state index is 10.8. The predicted molar refractivity (Wildman–Crippen MR) is 75.9 cm³/mol. The molecular weight excluding hydrogens is 282 g/mol. The van der Waals surface area contributed by atoms with E-state index < -0.39 is 4.92 Å². The van der Waals surface area contributed by atoms with Crippen LogP contribution in [0, 0.1) is 17.0 Å². The van der Waals surface area contributed by atoms with E-state index in [0.29, 0.717) is 6.54 Å². The summed E-state index contributed by atoms with van der Waals surface area (Å²) in [5, 5.41) is 21.9. The minimum Gasteiger partial charge on any atom is -0.377 e. The summed E-state index contributed by atoms with van der Waals surface area (Å²) in [7, 11) is 0. The Kier molecular flexibility index (Phi) is 4.19. The third-order valence-electron chi connectivity index (χ3n) is 2.96. The molecule has 0 amide bonds. The summed E-state index contributed by atoms with van der Waals surface area (Å²) < 4.78 is 1.91. The average molecular weight is 296 g/mol. The SMILES string of the molecule is CCn1cnnc1CNc1cc(Cl)c([N+](=O)[O-])cc1C. The Bertz CT molecular complexity index is 641. The topological polar surface area (TPSA) is 85.9 Å². The Morgan fingerprint density at radius 3 is 2.90 bits per heavy atom. The van der Waals surface area contributed by atoms with E-state index in [2.05, 4.69) is 15.5 Å². The lowest BCUT2D eigenvalue weighted by molar-refractivity contribution is -0.384. The molecule has 0 atom stereocenters. The first-order valence-corrected chi connectivity index (χ1v) is 6.45. The standard InChI is InChI=1S/C12H14ClN5O2/c1-3-17-7-15-16-12(17)6-14-10-5-9(13)11(18(19)20)4-8(10)2/h4-5,7,14H,3,6H2,1-2H3. The highest BCUT2D eigenvalue weighted by atomic mass is 35.5. The first-order chi connectivity index (χ1) is 9.52. The monoisotopic (exact) mass is 295 g/mol. The van der Waals surface area contributed by atoms with E-state index in [0.717, 1.165) is 23.6 Å². The van der Waals surface area contributed by atoms with E-state index >= 15 is 0 Å². The molecule has 0 spiro atoms. The zero-order chi connectivity index (χ0) is 14.7. The number of nitrogens with zero attached hydrogens (tertiary/aromatic N) is 4. The van der Waals surface area contributed by atoms with Crippen LogP contribution >= 0.6 is 11.6 Å². The third kappa shape index (κ3) is 2.88. The number of halogens is 1. The lowest BCUT2D eigenvalue weighted by atomic mass is 10.2. The van der Waals surface area contributed by atoms with Gasteiger partial charge in [0.2, 0.25) is 0 Å². The van der Waals surface area contributed by atoms with Gasteiger partial charge in [0.15, 0.2) is 5.82 Å². The highest BCUT2D eigenvalue weighted by molar-refractivity contribution is 6.33. The van der Waals surface area contributed by atoms with E-state index in [-0.39, 0.29) is 10.7 Å². The number of benzene rings is 1. The summed E-state index contributed by atoms with van der Waals surface area (Å²) >= 11 is 5.90. The van der Waals surface area contributed by atoms with Crippen molar-refractivity contribution in [2.45, 2.75) is 26.9 Å². The van der Waals surface area contributed by atoms with E-state index in [9.17, 15) is 10.1 Å². The molecule has 1 aromatic heterocycles. The van der Waals surface area contributed by atoms with E-state index in [1.54, 1.807) is 19.3 Å². The van der Waals surface area contributed by atoms with Gasteiger partial charge in [-0.3, -0.25) is 10.1 Å². The predicted octanol–water partition coefficient (Wildman–Crippen LogP) is 2.78. The number of hydrogen-bond donors (Lipinski definition) is 1. The molecular formula is C12H14ClN5O2. The zero-order valence-electron chi connectivity index (χ0n) is 11.1. The lowest BCUT2D eigenvalue weighted by Gasteiger charge is -2.10. The second-order valence-corrected chi connectivity index (χ2v) is 4.67. The van der Waals surface area contributed by atoms with Crippen molar-refractivity contribution in [3.63, 3.8) is 0 Å². The van der Waals surface area contributed by atoms with Gasteiger partial charge in [0, 0.05) is 18.3 Å². The summed E-state index contributed by atoms with van der Waals surface area (Å²) in [5.41, 5.74) is 1.40. The molecule has 0 aliphatic carbocycles. The fraction of sp³-hybridized carbons (Fsp3) is 0.333. The fourth-order valence-corrected chi connectivity index (χ4v) is 2.08. The number of aromatic nitrogens is 3. The molecule has 0 saturated carbocycles. The van der Waals surface area contributed by atoms with Crippen LogP contribution in [0.1, 0.15) is 18.3 Å². The second kappa shape index (κ2) is 5.87. The maximum Gasteiger partial charge on any atom is 0.288 e. The minimum atomic E-state index is -0.493. The molecule has 106 valence electrons. The summed E-state index contributed by atoms with van der Waals surface area (Å²) in [4.78, 5) is 10.3. The van der Waals surface area contributed by atoms with Crippen molar-refractivity contribution in [3.8, 4) is 0 Å². The van der Waals surface area contributed by atoms with Crippen LogP contribution in [-0.2, 0) is 13.1 Å². The van der Waals surface area contributed by atoms with Gasteiger partial charge in [0.1, 0.15) is 11.3 Å². The second-order valence-electron chi connectivity index (χ2n) is 4.26. The summed E-state index contributed by atoms with van der Waals surface area (Å²) in [6, 6.07) is 3.01. The molecule has 0 aliphatic heterocycles. The molecule has 0 bridgehead atoms. The summed E-state index contributed by atoms with van der Waals surface area (Å²) in [5.74, 6) is 0.793. The van der Waals surface area contributed by atoms with Crippen LogP contribution in [0.4, 0.5) is 11.4 Å². The largest absolute Gasteiger partial charge is 0.377 e. The first kappa shape index (κ1) is 14.3. The van der Waals surface area contributed by atoms with Crippen LogP contribution in [0.3, 0.4) is 0 Å². The van der Waals surface area contributed by atoms with Gasteiger partial charge in [-0.25, -0.2) is 0 Å². The summed E-state index contributed by atoms with van der Waals surface area (Å²) in [6.45, 7) is 5.05. The van der Waals surface area contributed by atoms with Gasteiger partial charge >= 0.3 is 0 Å². The number of nitrogens with one attached hydrogen (secondary N) is 1. The van der Waals surface area contributed by atoms with E-state index in [1.165, 1.54) is 6.07 Å². The van der Waals surface area contributed by atoms with Crippen molar-refractivity contribution in [2.24, 2.45) is 0 Å². The molecule has 2 rings (SSSR count). The molecule has 7 nitrogen and oxygen atoms in total. The van der Waals surface area contributed by atoms with Crippen molar-refractivity contribution in [3.05, 3.63) is 45.0 Å². The van der Waals surface area contributed by atoms with Gasteiger partial charge in [-0.2, -0.15) is 0 Å². The minimum absolute atomic E-state index is 0.0913. The molecule has 0 radical (unpaired) electrons. The zero-order valence-corrected chi connectivity index (χ0v) is 11.9. The van der Waals surface area contributed by atoms with Crippen LogP contribution in [0.25, 0.3) is 0 Å². The molecule has 0 fully saturated rings. The Morgan fingerprint density at radius 2 is 2.25 bits per heavy atom. The van der Waals surface area contributed by atoms with Crippen LogP contribution in [0.15, 0.2) is 18.5 Å². The van der Waals surface area contributed by atoms with Crippen LogP contribution in [-0.4, -0.2) is 19.7 Å². The third-order valence-corrected chi connectivity index (χ3v) is 3.27. The Morgan fingerprint density at radius 1 is 1.50 bits per heavy atom. The highest BCUT2D eigenvalue weighted by Crippen LogP contribution is 2.30. The number of nitro groups is 1. The van der Waals surface area contributed by atoms with Crippen molar-refractivity contribution >= 4 is 23.0 Å². The molecule has 1 N–H and O–H groups in total. The first-order valence-electron chi connectivity index (χ1n) is 6.08. The number of aryl methyl sites for hydroxylation is 2. The molecule has 2 aromatic rings. The molecule has 8 heteroatoms. The Balaban J connectivity index is 2.18. The normalized spacial score (nSPS) is 10.6. The van der Waals surface area contributed by atoms with Gasteiger partial charge in [-0.15, -0.1) is 10.2 Å². The number of hydrogen-bond acceptors (Lipinski definition) is 5. The number of anilines is 1. The highest BCUT2D eigenvalue weighted by Gasteiger charge is 2.15. The van der Waals surface area contributed by atoms with Gasteiger partial charge in [0.05, 0.1) is 11.5 Å². The lowest BCUT2D eigenvalue weighted by Crippen LogP contribution is -2.08. The molecule has 1 heterocycles. The summed E-state index contributed by atoms with van der Waals surface area (Å²) in [6.07, 6.45) is 1.66. The van der Waals surface area contributed by atoms with Crippen LogP contribution < -0.4 is 5.32 Å². The quantitative estimate of drug-likeness (QED) is 0.677. The molecule has 0 aliphatic rings. The van der Waals surface area contributed by atoms with Crippen LogP contribution in [0.2, 0.25) is 5.02 Å². The maximum absolute atomic E-state index is 10.8. The van der Waals surface area contributed by atoms with E-state index in [1.807, 2.05) is 11.5 Å². The fourth-order valence-electron chi connectivity index (χ4n) is 1.85. The Hall–Kier alpha value is -2.15. The van der Waals surface area contributed by atoms with Crippen molar-refractivity contribution < 1.29 is 4.92 Å². The average Bonchev–Trinajstić information content (AvgIpc) is 2.86. The van der Waals surface area contributed by atoms with Gasteiger partial charge < -0.3 is 9.88 Å². The molecule has 0 saturated heterocycles. The molecule has 0 unspecified atom stereocenters. The number of nitro benzene ring substituents is 1. The van der Waals surface area contributed by atoms with Crippen molar-refractivity contribution in [1.29, 1.82) is 0 Å². The van der Waals surface area contributed by atoms with Crippen molar-refractivity contribution in [2.75, 3.05) is 5.32 Å². The number of rotatable bonds is 5. The smallest absolute Gasteiger partial charge is 0.288 e. The van der Waals surface area contributed by atoms with Gasteiger partial charge in [-0.05, 0) is 25.5 Å². The van der Waals surface area contributed by atoms with Gasteiger partial charge in [0.25, 0.3) is 5.69 Å². The van der Waals surface area contributed by atoms with Crippen LogP contribution in [0.5, 0.6) is 0 Å². The Labute approximate surface area is 120 Å².